The molecule has 1 aliphatic rings. The largest absolute Gasteiger partial charge is 0.365 e. The maximum absolute atomic E-state index is 13.6. The summed E-state index contributed by atoms with van der Waals surface area (Å²) in [6, 6.07) is 3.47. The number of nitrogens with one attached hydrogen (secondary N) is 1. The van der Waals surface area contributed by atoms with Gasteiger partial charge in [0.15, 0.2) is 22.5 Å². The molecule has 0 fully saturated rings. The number of fused-ring (bicyclic) bond motifs is 1. The minimum Gasteiger partial charge on any atom is -0.365 e. The number of primary amides is 1. The first-order valence-corrected chi connectivity index (χ1v) is 8.89. The average molecular weight is 389 g/mol. The van der Waals surface area contributed by atoms with Gasteiger partial charge >= 0.3 is 0 Å². The van der Waals surface area contributed by atoms with E-state index in [0.717, 1.165) is 41.1 Å². The number of amides is 2. The summed E-state index contributed by atoms with van der Waals surface area (Å²) >= 11 is 0.961. The first-order valence-electron chi connectivity index (χ1n) is 8.07. The second-order valence-corrected chi connectivity index (χ2v) is 7.02. The third kappa shape index (κ3) is 3.08. The Morgan fingerprint density at radius 2 is 2.04 bits per heavy atom. The van der Waals surface area contributed by atoms with Gasteiger partial charge in [0, 0.05) is 17.3 Å². The molecule has 138 valence electrons. The Morgan fingerprint density at radius 1 is 1.22 bits per heavy atom. The number of nitrogens with two attached hydrogens (primary N) is 1. The van der Waals surface area contributed by atoms with E-state index >= 15 is 0 Å². The van der Waals surface area contributed by atoms with Crippen molar-refractivity contribution in [3.63, 3.8) is 0 Å². The summed E-state index contributed by atoms with van der Waals surface area (Å²) in [7, 11) is 0. The molecule has 4 rings (SSSR count). The fourth-order valence-electron chi connectivity index (χ4n) is 3.05. The number of halogens is 2. The van der Waals surface area contributed by atoms with Crippen LogP contribution in [-0.4, -0.2) is 26.6 Å². The number of carbonyl (C=O) groups excluding carboxylic acids is 2. The number of hydrogen-bond donors (Lipinski definition) is 2. The lowest BCUT2D eigenvalue weighted by molar-refractivity contribution is 0.0999. The molecular weight excluding hydrogens is 376 g/mol. The molecule has 2 amide bonds. The van der Waals surface area contributed by atoms with Gasteiger partial charge in [0.1, 0.15) is 4.88 Å². The summed E-state index contributed by atoms with van der Waals surface area (Å²) in [6.07, 6.45) is 3.46. The van der Waals surface area contributed by atoms with Crippen molar-refractivity contribution >= 4 is 28.3 Å². The Kier molecular flexibility index (Phi) is 4.19. The predicted octanol–water partition coefficient (Wildman–Crippen LogP) is 2.45. The number of hydrogen-bond acceptors (Lipinski definition) is 5. The molecule has 3 aromatic rings. The number of rotatable bonds is 4. The second-order valence-electron chi connectivity index (χ2n) is 5.99. The number of carbonyl (C=O) groups is 2. The molecule has 7 nitrogen and oxygen atoms in total. The topological polar surface area (TPSA) is 103 Å². The minimum atomic E-state index is -0.984. The number of benzene rings is 1. The molecular formula is C17H13F2N5O2S. The maximum atomic E-state index is 13.6. The zero-order valence-corrected chi connectivity index (χ0v) is 14.6. The monoisotopic (exact) mass is 389 g/mol. The van der Waals surface area contributed by atoms with Crippen LogP contribution in [0.4, 0.5) is 13.9 Å². The fourth-order valence-corrected chi connectivity index (χ4v) is 3.72. The molecule has 0 spiro atoms. The van der Waals surface area contributed by atoms with Crippen molar-refractivity contribution in [1.82, 2.24) is 14.8 Å². The van der Waals surface area contributed by atoms with Gasteiger partial charge in [-0.2, -0.15) is 5.10 Å². The minimum absolute atomic E-state index is 0.197. The molecule has 0 atom stereocenters. The Morgan fingerprint density at radius 3 is 2.74 bits per heavy atom. The number of nitrogens with zero attached hydrogens (tertiary/aromatic N) is 3. The van der Waals surface area contributed by atoms with E-state index in [9.17, 15) is 18.4 Å². The van der Waals surface area contributed by atoms with Crippen LogP contribution in [0.2, 0.25) is 0 Å². The van der Waals surface area contributed by atoms with E-state index in [-0.39, 0.29) is 15.7 Å². The van der Waals surface area contributed by atoms with E-state index in [1.54, 1.807) is 0 Å². The molecule has 10 heteroatoms. The van der Waals surface area contributed by atoms with Gasteiger partial charge in [-0.1, -0.05) is 11.3 Å². The number of thiazole rings is 1. The lowest BCUT2D eigenvalue weighted by Crippen LogP contribution is -2.14. The van der Waals surface area contributed by atoms with Crippen molar-refractivity contribution in [3.8, 4) is 5.69 Å². The Bertz CT molecular complexity index is 1080. The summed E-state index contributed by atoms with van der Waals surface area (Å²) in [6.45, 7) is 0. The molecule has 0 unspecified atom stereocenters. The second kappa shape index (κ2) is 6.54. The standard InChI is InChI=1S/C17H13F2N5O2S/c18-10-5-4-8(6-11(10)19)24-12-3-1-2-9(12)14(23-24)16(26)22-17-21-7-13(27-17)15(20)25/h4-7H,1-3H2,(H2,20,25)(H,21,22,26). The SMILES string of the molecule is NC(=O)c1cnc(NC(=O)c2nn(-c3ccc(F)c(F)c3)c3c2CCC3)s1. The molecule has 2 heterocycles. The predicted molar refractivity (Wildman–Crippen MR) is 94.1 cm³/mol. The zero-order valence-electron chi connectivity index (χ0n) is 13.8. The molecule has 27 heavy (non-hydrogen) atoms. The van der Waals surface area contributed by atoms with E-state index in [2.05, 4.69) is 15.4 Å². The third-order valence-corrected chi connectivity index (χ3v) is 5.19. The number of anilines is 1. The summed E-state index contributed by atoms with van der Waals surface area (Å²) in [5.74, 6) is -3.05. The van der Waals surface area contributed by atoms with Gasteiger partial charge in [0.2, 0.25) is 0 Å². The van der Waals surface area contributed by atoms with Gasteiger partial charge in [-0.15, -0.1) is 0 Å². The molecule has 1 aromatic carbocycles. The Hall–Kier alpha value is -3.14. The summed E-state index contributed by atoms with van der Waals surface area (Å²) < 4.78 is 28.3. The van der Waals surface area contributed by atoms with E-state index in [1.165, 1.54) is 16.9 Å². The average Bonchev–Trinajstić information content (AvgIpc) is 3.33. The molecule has 0 bridgehead atoms. The zero-order chi connectivity index (χ0) is 19.1. The van der Waals surface area contributed by atoms with Crippen molar-refractivity contribution in [1.29, 1.82) is 0 Å². The van der Waals surface area contributed by atoms with E-state index in [0.29, 0.717) is 18.5 Å². The first kappa shape index (κ1) is 17.3. The Balaban J connectivity index is 1.68. The smallest absolute Gasteiger partial charge is 0.278 e. The van der Waals surface area contributed by atoms with E-state index in [4.69, 9.17) is 5.73 Å². The van der Waals surface area contributed by atoms with Gasteiger partial charge < -0.3 is 5.73 Å². The normalized spacial score (nSPS) is 12.8. The van der Waals surface area contributed by atoms with Crippen LogP contribution in [0.25, 0.3) is 5.69 Å². The van der Waals surface area contributed by atoms with Crippen LogP contribution in [0.1, 0.15) is 37.8 Å². The molecule has 1 aliphatic carbocycles. The maximum Gasteiger partial charge on any atom is 0.278 e. The Labute approximate surface area is 155 Å². The van der Waals surface area contributed by atoms with Crippen LogP contribution in [0.3, 0.4) is 0 Å². The van der Waals surface area contributed by atoms with Crippen LogP contribution in [0.15, 0.2) is 24.4 Å². The van der Waals surface area contributed by atoms with E-state index in [1.807, 2.05) is 0 Å². The first-order chi connectivity index (χ1) is 12.9. The van der Waals surface area contributed by atoms with Gasteiger partial charge in [-0.25, -0.2) is 18.4 Å². The van der Waals surface area contributed by atoms with Crippen LogP contribution in [0.5, 0.6) is 0 Å². The molecule has 0 aliphatic heterocycles. The van der Waals surface area contributed by atoms with Gasteiger partial charge in [-0.3, -0.25) is 14.9 Å². The van der Waals surface area contributed by atoms with Crippen molar-refractivity contribution in [2.24, 2.45) is 5.73 Å². The quantitative estimate of drug-likeness (QED) is 0.715. The fraction of sp³-hybridized carbons (Fsp3) is 0.176. The molecule has 0 saturated carbocycles. The van der Waals surface area contributed by atoms with Crippen LogP contribution in [-0.2, 0) is 12.8 Å². The van der Waals surface area contributed by atoms with E-state index < -0.39 is 23.4 Å². The van der Waals surface area contributed by atoms with Crippen molar-refractivity contribution in [2.45, 2.75) is 19.3 Å². The molecule has 0 radical (unpaired) electrons. The van der Waals surface area contributed by atoms with Gasteiger partial charge in [0.05, 0.1) is 11.9 Å². The van der Waals surface area contributed by atoms with Crippen molar-refractivity contribution in [3.05, 3.63) is 57.9 Å². The summed E-state index contributed by atoms with van der Waals surface area (Å²) in [4.78, 5) is 28.0. The highest BCUT2D eigenvalue weighted by Crippen LogP contribution is 2.29. The highest BCUT2D eigenvalue weighted by Gasteiger charge is 2.27. The van der Waals surface area contributed by atoms with Crippen LogP contribution >= 0.6 is 11.3 Å². The number of aromatic nitrogens is 3. The van der Waals surface area contributed by atoms with Crippen molar-refractivity contribution in [2.75, 3.05) is 5.32 Å². The molecule has 2 aromatic heterocycles. The molecule has 3 N–H and O–H groups in total. The lowest BCUT2D eigenvalue weighted by atomic mass is 10.2. The van der Waals surface area contributed by atoms with Crippen LogP contribution < -0.4 is 11.1 Å². The highest BCUT2D eigenvalue weighted by atomic mass is 32.1. The van der Waals surface area contributed by atoms with Crippen molar-refractivity contribution < 1.29 is 18.4 Å². The van der Waals surface area contributed by atoms with Gasteiger partial charge in [0.25, 0.3) is 11.8 Å². The highest BCUT2D eigenvalue weighted by molar-refractivity contribution is 7.17. The summed E-state index contributed by atoms with van der Waals surface area (Å²) in [5.41, 5.74) is 7.28. The molecule has 0 saturated heterocycles. The summed E-state index contributed by atoms with van der Waals surface area (Å²) in [5, 5.41) is 7.14. The lowest BCUT2D eigenvalue weighted by Gasteiger charge is -2.06. The van der Waals surface area contributed by atoms with Gasteiger partial charge in [-0.05, 0) is 31.4 Å². The van der Waals surface area contributed by atoms with Crippen LogP contribution in [0, 0.1) is 11.6 Å². The third-order valence-electron chi connectivity index (χ3n) is 4.26.